The smallest absolute Gasteiger partial charge is 0.0898 e. The predicted molar refractivity (Wildman–Crippen MR) is 77.4 cm³/mol. The minimum atomic E-state index is -0.454. The van der Waals surface area contributed by atoms with E-state index in [0.717, 1.165) is 10.6 Å². The molecule has 1 saturated carbocycles. The number of β-amino-alcohol motifs (C(OH)–C–C–N with tert-alkyl or cyclic N) is 1. The van der Waals surface area contributed by atoms with Crippen molar-refractivity contribution in [3.05, 3.63) is 34.9 Å². The summed E-state index contributed by atoms with van der Waals surface area (Å²) in [5, 5.41) is 14.0. The first-order chi connectivity index (χ1) is 9.07. The summed E-state index contributed by atoms with van der Waals surface area (Å²) >= 11 is 5.81. The van der Waals surface area contributed by atoms with Crippen molar-refractivity contribution >= 4 is 11.6 Å². The van der Waals surface area contributed by atoms with E-state index in [2.05, 4.69) is 12.2 Å². The third-order valence-electron chi connectivity index (χ3n) is 3.71. The van der Waals surface area contributed by atoms with Crippen LogP contribution in [0.5, 0.6) is 0 Å². The van der Waals surface area contributed by atoms with Gasteiger partial charge < -0.3 is 15.2 Å². The maximum atomic E-state index is 9.85. The Morgan fingerprint density at radius 2 is 2.05 bits per heavy atom. The first kappa shape index (κ1) is 14.8. The molecule has 1 atom stereocenters. The molecule has 0 heterocycles. The van der Waals surface area contributed by atoms with Gasteiger partial charge >= 0.3 is 0 Å². The van der Waals surface area contributed by atoms with Crippen LogP contribution in [0.25, 0.3) is 0 Å². The van der Waals surface area contributed by atoms with Crippen molar-refractivity contribution in [1.29, 1.82) is 0 Å². The van der Waals surface area contributed by atoms with Crippen LogP contribution >= 0.6 is 11.6 Å². The molecule has 0 spiro atoms. The highest BCUT2D eigenvalue weighted by Gasteiger charge is 2.31. The van der Waals surface area contributed by atoms with Gasteiger partial charge in [-0.2, -0.15) is 0 Å². The van der Waals surface area contributed by atoms with Gasteiger partial charge in [0.2, 0.25) is 0 Å². The van der Waals surface area contributed by atoms with Gasteiger partial charge in [0, 0.05) is 17.1 Å². The number of ether oxygens (including phenoxy) is 1. The van der Waals surface area contributed by atoms with Crippen molar-refractivity contribution in [1.82, 2.24) is 5.32 Å². The van der Waals surface area contributed by atoms with E-state index in [1.807, 2.05) is 24.3 Å². The van der Waals surface area contributed by atoms with Crippen molar-refractivity contribution in [3.8, 4) is 0 Å². The highest BCUT2D eigenvalue weighted by molar-refractivity contribution is 6.30. The third kappa shape index (κ3) is 4.77. The van der Waals surface area contributed by atoms with Crippen LogP contribution in [-0.4, -0.2) is 29.9 Å². The molecule has 4 heteroatoms. The number of hydrogen-bond acceptors (Lipinski definition) is 3. The molecule has 0 aliphatic heterocycles. The molecule has 0 bridgehead atoms. The van der Waals surface area contributed by atoms with E-state index in [4.69, 9.17) is 16.3 Å². The molecule has 1 aromatic carbocycles. The van der Waals surface area contributed by atoms with Gasteiger partial charge in [-0.3, -0.25) is 0 Å². The molecule has 0 radical (unpaired) electrons. The molecule has 1 aliphatic carbocycles. The number of aliphatic hydroxyl groups excluding tert-OH is 1. The molecule has 0 saturated heterocycles. The fourth-order valence-electron chi connectivity index (χ4n) is 2.20. The fourth-order valence-corrected chi connectivity index (χ4v) is 2.33. The lowest BCUT2D eigenvalue weighted by Crippen LogP contribution is -2.51. The molecule has 1 aromatic rings. The SMILES string of the molecule is CC1(NCC(O)COCc2ccc(Cl)cc2)CCC1. The Labute approximate surface area is 119 Å². The Morgan fingerprint density at radius 1 is 1.37 bits per heavy atom. The maximum absolute atomic E-state index is 9.85. The summed E-state index contributed by atoms with van der Waals surface area (Å²) < 4.78 is 5.51. The Morgan fingerprint density at radius 3 is 2.63 bits per heavy atom. The number of halogens is 1. The normalized spacial score (nSPS) is 18.9. The van der Waals surface area contributed by atoms with Gasteiger partial charge in [-0.25, -0.2) is 0 Å². The van der Waals surface area contributed by atoms with Crippen LogP contribution in [0.3, 0.4) is 0 Å². The molecular formula is C15H22ClNO2. The molecular weight excluding hydrogens is 262 g/mol. The van der Waals surface area contributed by atoms with Gasteiger partial charge in [0.1, 0.15) is 0 Å². The van der Waals surface area contributed by atoms with E-state index < -0.39 is 6.10 Å². The summed E-state index contributed by atoms with van der Waals surface area (Å²) in [6.07, 6.45) is 3.23. The van der Waals surface area contributed by atoms with Crippen LogP contribution in [-0.2, 0) is 11.3 Å². The second-order valence-corrected chi connectivity index (χ2v) is 6.03. The molecule has 1 fully saturated rings. The molecule has 106 valence electrons. The summed E-state index contributed by atoms with van der Waals surface area (Å²) in [5.74, 6) is 0. The van der Waals surface area contributed by atoms with E-state index in [-0.39, 0.29) is 5.54 Å². The van der Waals surface area contributed by atoms with Gasteiger partial charge in [0.05, 0.1) is 19.3 Å². The van der Waals surface area contributed by atoms with Crippen molar-refractivity contribution in [2.24, 2.45) is 0 Å². The lowest BCUT2D eigenvalue weighted by atomic mass is 9.78. The second-order valence-electron chi connectivity index (χ2n) is 5.59. The molecule has 2 N–H and O–H groups in total. The zero-order chi connectivity index (χ0) is 13.7. The first-order valence-electron chi connectivity index (χ1n) is 6.83. The number of nitrogens with one attached hydrogen (secondary N) is 1. The summed E-state index contributed by atoms with van der Waals surface area (Å²) in [4.78, 5) is 0. The van der Waals surface area contributed by atoms with Crippen LogP contribution in [0, 0.1) is 0 Å². The largest absolute Gasteiger partial charge is 0.389 e. The summed E-state index contributed by atoms with van der Waals surface area (Å²) in [6, 6.07) is 7.55. The molecule has 0 amide bonds. The maximum Gasteiger partial charge on any atom is 0.0898 e. The minimum absolute atomic E-state index is 0.233. The van der Waals surface area contributed by atoms with Gasteiger partial charge in [-0.1, -0.05) is 23.7 Å². The first-order valence-corrected chi connectivity index (χ1v) is 7.20. The van der Waals surface area contributed by atoms with Gasteiger partial charge in [0.25, 0.3) is 0 Å². The van der Waals surface area contributed by atoms with E-state index >= 15 is 0 Å². The summed E-state index contributed by atoms with van der Waals surface area (Å²) in [5.41, 5.74) is 1.30. The molecule has 3 nitrogen and oxygen atoms in total. The van der Waals surface area contributed by atoms with Crippen LogP contribution in [0.1, 0.15) is 31.7 Å². The molecule has 1 unspecified atom stereocenters. The van der Waals surface area contributed by atoms with Crippen LogP contribution in [0.4, 0.5) is 0 Å². The van der Waals surface area contributed by atoms with E-state index in [9.17, 15) is 5.11 Å². The number of benzene rings is 1. The minimum Gasteiger partial charge on any atom is -0.389 e. The van der Waals surface area contributed by atoms with Gasteiger partial charge in [-0.15, -0.1) is 0 Å². The summed E-state index contributed by atoms with van der Waals surface area (Å²) in [7, 11) is 0. The van der Waals surface area contributed by atoms with Crippen molar-refractivity contribution < 1.29 is 9.84 Å². The average Bonchev–Trinajstić information content (AvgIpc) is 2.36. The Kier molecular flexibility index (Phi) is 5.22. The van der Waals surface area contributed by atoms with Gasteiger partial charge in [-0.05, 0) is 43.9 Å². The van der Waals surface area contributed by atoms with Crippen LogP contribution < -0.4 is 5.32 Å². The van der Waals surface area contributed by atoms with E-state index in [1.54, 1.807) is 0 Å². The van der Waals surface area contributed by atoms with E-state index in [1.165, 1.54) is 19.3 Å². The zero-order valence-corrected chi connectivity index (χ0v) is 12.1. The highest BCUT2D eigenvalue weighted by Crippen LogP contribution is 2.30. The number of rotatable bonds is 7. The zero-order valence-electron chi connectivity index (χ0n) is 11.4. The molecule has 0 aromatic heterocycles. The lowest BCUT2D eigenvalue weighted by molar-refractivity contribution is 0.0218. The Bertz CT molecular complexity index is 390. The average molecular weight is 284 g/mol. The molecule has 19 heavy (non-hydrogen) atoms. The number of aliphatic hydroxyl groups is 1. The molecule has 1 aliphatic rings. The Balaban J connectivity index is 1.60. The second kappa shape index (κ2) is 6.71. The number of hydrogen-bond donors (Lipinski definition) is 2. The van der Waals surface area contributed by atoms with Crippen molar-refractivity contribution in [2.45, 2.75) is 44.4 Å². The molecule has 2 rings (SSSR count). The highest BCUT2D eigenvalue weighted by atomic mass is 35.5. The third-order valence-corrected chi connectivity index (χ3v) is 3.97. The van der Waals surface area contributed by atoms with Crippen molar-refractivity contribution in [3.63, 3.8) is 0 Å². The topological polar surface area (TPSA) is 41.5 Å². The van der Waals surface area contributed by atoms with E-state index in [0.29, 0.717) is 19.8 Å². The van der Waals surface area contributed by atoms with Crippen LogP contribution in [0.15, 0.2) is 24.3 Å². The van der Waals surface area contributed by atoms with Crippen LogP contribution in [0.2, 0.25) is 5.02 Å². The lowest BCUT2D eigenvalue weighted by Gasteiger charge is -2.40. The summed E-state index contributed by atoms with van der Waals surface area (Å²) in [6.45, 7) is 3.66. The predicted octanol–water partition coefficient (Wildman–Crippen LogP) is 2.75. The fraction of sp³-hybridized carbons (Fsp3) is 0.600. The quantitative estimate of drug-likeness (QED) is 0.808. The van der Waals surface area contributed by atoms with Gasteiger partial charge in [0.15, 0.2) is 0 Å². The Hall–Kier alpha value is -0.610. The standard InChI is InChI=1S/C15H22ClNO2/c1-15(7-2-8-15)17-9-14(18)11-19-10-12-3-5-13(16)6-4-12/h3-6,14,17-18H,2,7-11H2,1H3. The van der Waals surface area contributed by atoms with Crippen molar-refractivity contribution in [2.75, 3.05) is 13.2 Å². The monoisotopic (exact) mass is 283 g/mol.